The molecule has 0 spiro atoms. The van der Waals surface area contributed by atoms with Crippen LogP contribution in [0.25, 0.3) is 0 Å². The van der Waals surface area contributed by atoms with Crippen LogP contribution in [0.2, 0.25) is 0 Å². The quantitative estimate of drug-likeness (QED) is 0.906. The molecule has 0 heterocycles. The summed E-state index contributed by atoms with van der Waals surface area (Å²) in [6, 6.07) is 21.4. The average Bonchev–Trinajstić information content (AvgIpc) is 2.47. The first-order chi connectivity index (χ1) is 10.2. The lowest BCUT2D eigenvalue weighted by Crippen LogP contribution is -2.50. The fourth-order valence-corrected chi connectivity index (χ4v) is 3.43. The van der Waals surface area contributed by atoms with E-state index in [1.807, 2.05) is 30.3 Å². The number of rotatable bonds is 4. The van der Waals surface area contributed by atoms with Crippen LogP contribution >= 0.6 is 15.9 Å². The number of nitrogens with zero attached hydrogens (tertiary/aromatic N) is 1. The highest BCUT2D eigenvalue weighted by atomic mass is 79.9. The zero-order chi connectivity index (χ0) is 14.7. The number of benzene rings is 2. The van der Waals surface area contributed by atoms with Gasteiger partial charge in [-0.1, -0.05) is 58.4 Å². The first kappa shape index (κ1) is 14.3. The largest absolute Gasteiger partial charge is 0.310 e. The van der Waals surface area contributed by atoms with Gasteiger partial charge in [0, 0.05) is 17.1 Å². The smallest absolute Gasteiger partial charge is 0.0852 e. The van der Waals surface area contributed by atoms with Crippen molar-refractivity contribution in [3.8, 4) is 6.07 Å². The van der Waals surface area contributed by atoms with Gasteiger partial charge in [0.15, 0.2) is 0 Å². The second kappa shape index (κ2) is 6.01. The third-order valence-corrected chi connectivity index (χ3v) is 4.71. The molecular formula is C18H17BrN2. The number of nitrogens with one attached hydrogen (secondary N) is 1. The number of hydrogen-bond acceptors (Lipinski definition) is 2. The molecule has 0 aliphatic heterocycles. The van der Waals surface area contributed by atoms with E-state index in [2.05, 4.69) is 51.6 Å². The zero-order valence-electron chi connectivity index (χ0n) is 11.7. The lowest BCUT2D eigenvalue weighted by atomic mass is 9.62. The molecule has 3 heteroatoms. The summed E-state index contributed by atoms with van der Waals surface area (Å²) in [5, 5.41) is 13.1. The molecule has 2 aromatic carbocycles. The van der Waals surface area contributed by atoms with Gasteiger partial charge in [0.05, 0.1) is 11.5 Å². The van der Waals surface area contributed by atoms with Crippen LogP contribution < -0.4 is 5.32 Å². The van der Waals surface area contributed by atoms with E-state index in [1.165, 1.54) is 5.56 Å². The topological polar surface area (TPSA) is 35.8 Å². The summed E-state index contributed by atoms with van der Waals surface area (Å²) < 4.78 is 1.10. The molecule has 1 fully saturated rings. The van der Waals surface area contributed by atoms with E-state index in [1.54, 1.807) is 0 Å². The van der Waals surface area contributed by atoms with Gasteiger partial charge in [0.25, 0.3) is 0 Å². The van der Waals surface area contributed by atoms with Gasteiger partial charge in [-0.25, -0.2) is 0 Å². The normalized spacial score (nSPS) is 24.1. The molecule has 0 unspecified atom stereocenters. The molecule has 1 N–H and O–H groups in total. The Kier molecular flexibility index (Phi) is 4.10. The predicted octanol–water partition coefficient (Wildman–Crippen LogP) is 4.16. The van der Waals surface area contributed by atoms with E-state index in [0.717, 1.165) is 29.4 Å². The minimum Gasteiger partial charge on any atom is -0.310 e. The van der Waals surface area contributed by atoms with E-state index in [-0.39, 0.29) is 5.41 Å². The van der Waals surface area contributed by atoms with Crippen molar-refractivity contribution in [1.82, 2.24) is 5.32 Å². The molecule has 1 saturated carbocycles. The molecule has 3 rings (SSSR count). The van der Waals surface area contributed by atoms with Crippen LogP contribution in [0.1, 0.15) is 24.0 Å². The van der Waals surface area contributed by atoms with Crippen molar-refractivity contribution in [3.63, 3.8) is 0 Å². The summed E-state index contributed by atoms with van der Waals surface area (Å²) in [6.07, 6.45) is 1.78. The Bertz CT molecular complexity index is 654. The highest BCUT2D eigenvalue weighted by Crippen LogP contribution is 2.43. The average molecular weight is 341 g/mol. The molecule has 0 bridgehead atoms. The van der Waals surface area contributed by atoms with Gasteiger partial charge in [-0.15, -0.1) is 0 Å². The van der Waals surface area contributed by atoms with E-state index in [0.29, 0.717) is 6.04 Å². The molecule has 106 valence electrons. The molecule has 2 aromatic rings. The minimum atomic E-state index is -0.295. The van der Waals surface area contributed by atoms with E-state index >= 15 is 0 Å². The van der Waals surface area contributed by atoms with Gasteiger partial charge in [0.2, 0.25) is 0 Å². The van der Waals surface area contributed by atoms with Crippen LogP contribution in [0.5, 0.6) is 0 Å². The van der Waals surface area contributed by atoms with Crippen molar-refractivity contribution in [3.05, 3.63) is 70.2 Å². The van der Waals surface area contributed by atoms with Crippen molar-refractivity contribution >= 4 is 15.9 Å². The summed E-state index contributed by atoms with van der Waals surface area (Å²) in [4.78, 5) is 0. The number of hydrogen-bond donors (Lipinski definition) is 1. The summed E-state index contributed by atoms with van der Waals surface area (Å²) in [5.74, 6) is 0. The van der Waals surface area contributed by atoms with E-state index < -0.39 is 0 Å². The minimum absolute atomic E-state index is 0.295. The second-order valence-electron chi connectivity index (χ2n) is 5.68. The number of halogens is 1. The van der Waals surface area contributed by atoms with Crippen LogP contribution in [0.4, 0.5) is 0 Å². The second-order valence-corrected chi connectivity index (χ2v) is 6.59. The van der Waals surface area contributed by atoms with Gasteiger partial charge >= 0.3 is 0 Å². The maximum absolute atomic E-state index is 9.55. The van der Waals surface area contributed by atoms with Gasteiger partial charge in [-0.3, -0.25) is 0 Å². The number of nitriles is 1. The third kappa shape index (κ3) is 3.02. The Hall–Kier alpha value is -1.63. The summed E-state index contributed by atoms with van der Waals surface area (Å²) in [6.45, 7) is 0.848. The van der Waals surface area contributed by atoms with Crippen LogP contribution in [-0.2, 0) is 12.0 Å². The molecule has 1 aliphatic carbocycles. The zero-order valence-corrected chi connectivity index (χ0v) is 13.3. The van der Waals surface area contributed by atoms with Gasteiger partial charge < -0.3 is 5.32 Å². The highest BCUT2D eigenvalue weighted by Gasteiger charge is 2.45. The summed E-state index contributed by atoms with van der Waals surface area (Å²) >= 11 is 3.49. The fraction of sp³-hybridized carbons (Fsp3) is 0.278. The molecule has 0 saturated heterocycles. The fourth-order valence-electron chi connectivity index (χ4n) is 2.98. The highest BCUT2D eigenvalue weighted by molar-refractivity contribution is 9.10. The van der Waals surface area contributed by atoms with Crippen LogP contribution in [-0.4, -0.2) is 6.04 Å². The SMILES string of the molecule is N#CC1(c2ccccc2)CC(NCc2cccc(Br)c2)C1. The molecule has 0 aromatic heterocycles. The lowest BCUT2D eigenvalue weighted by Gasteiger charge is -2.43. The van der Waals surface area contributed by atoms with Crippen molar-refractivity contribution in [2.75, 3.05) is 0 Å². The Morgan fingerprint density at radius 2 is 1.90 bits per heavy atom. The van der Waals surface area contributed by atoms with E-state index in [4.69, 9.17) is 0 Å². The molecule has 0 amide bonds. The van der Waals surface area contributed by atoms with Gasteiger partial charge in [-0.2, -0.15) is 5.26 Å². The first-order valence-corrected chi connectivity index (χ1v) is 7.96. The Balaban J connectivity index is 1.59. The molecule has 0 radical (unpaired) electrons. The first-order valence-electron chi connectivity index (χ1n) is 7.16. The third-order valence-electron chi connectivity index (χ3n) is 4.21. The van der Waals surface area contributed by atoms with Crippen molar-refractivity contribution in [2.24, 2.45) is 0 Å². The lowest BCUT2D eigenvalue weighted by molar-refractivity contribution is 0.225. The summed E-state index contributed by atoms with van der Waals surface area (Å²) in [7, 11) is 0. The van der Waals surface area contributed by atoms with Gasteiger partial charge in [0.1, 0.15) is 0 Å². The van der Waals surface area contributed by atoms with Gasteiger partial charge in [-0.05, 0) is 36.1 Å². The van der Waals surface area contributed by atoms with Crippen LogP contribution in [0, 0.1) is 11.3 Å². The van der Waals surface area contributed by atoms with Crippen LogP contribution in [0.15, 0.2) is 59.1 Å². The Morgan fingerprint density at radius 1 is 1.14 bits per heavy atom. The van der Waals surface area contributed by atoms with Crippen molar-refractivity contribution in [2.45, 2.75) is 30.8 Å². The van der Waals surface area contributed by atoms with E-state index in [9.17, 15) is 5.26 Å². The molecule has 21 heavy (non-hydrogen) atoms. The van der Waals surface area contributed by atoms with Crippen molar-refractivity contribution in [1.29, 1.82) is 5.26 Å². The van der Waals surface area contributed by atoms with Crippen molar-refractivity contribution < 1.29 is 0 Å². The summed E-state index contributed by atoms with van der Waals surface area (Å²) in [5.41, 5.74) is 2.11. The predicted molar refractivity (Wildman–Crippen MR) is 87.7 cm³/mol. The maximum Gasteiger partial charge on any atom is 0.0852 e. The Morgan fingerprint density at radius 3 is 2.57 bits per heavy atom. The monoisotopic (exact) mass is 340 g/mol. The molecule has 2 nitrogen and oxygen atoms in total. The molecular weight excluding hydrogens is 324 g/mol. The maximum atomic E-state index is 9.55. The van der Waals surface area contributed by atoms with Crippen LogP contribution in [0.3, 0.4) is 0 Å². The Labute approximate surface area is 133 Å². The molecule has 1 aliphatic rings. The molecule has 0 atom stereocenters. The standard InChI is InChI=1S/C18H17BrN2/c19-16-8-4-5-14(9-16)12-21-17-10-18(11-17,13-20)15-6-2-1-3-7-15/h1-9,17,21H,10-12H2.